The van der Waals surface area contributed by atoms with Gasteiger partial charge in [-0.25, -0.2) is 0 Å². The topological polar surface area (TPSA) is 47.9 Å². The molecule has 0 amide bonds. The fourth-order valence-electron chi connectivity index (χ4n) is 1.95. The Balaban J connectivity index is 2.55. The quantitative estimate of drug-likeness (QED) is 0.787. The second kappa shape index (κ2) is 4.35. The van der Waals surface area contributed by atoms with E-state index in [1.807, 2.05) is 0 Å². The summed E-state index contributed by atoms with van der Waals surface area (Å²) in [6.45, 7) is 1.22. The summed E-state index contributed by atoms with van der Waals surface area (Å²) in [4.78, 5) is 0. The minimum Gasteiger partial charge on any atom is -0.297 e. The van der Waals surface area contributed by atoms with Crippen LogP contribution in [0.15, 0.2) is 18.2 Å². The van der Waals surface area contributed by atoms with E-state index in [1.165, 1.54) is 18.2 Å². The number of rotatable bonds is 1. The van der Waals surface area contributed by atoms with Crippen molar-refractivity contribution in [2.45, 2.75) is 12.3 Å². The first kappa shape index (κ1) is 11.9. The largest absolute Gasteiger partial charge is 0.418 e. The Morgan fingerprint density at radius 2 is 1.88 bits per heavy atom. The molecule has 0 bridgehead atoms. The lowest BCUT2D eigenvalue weighted by Gasteiger charge is -2.19. The first-order valence-corrected chi connectivity index (χ1v) is 5.11. The highest BCUT2D eigenvalue weighted by molar-refractivity contribution is 5.46. The van der Waals surface area contributed by atoms with E-state index >= 15 is 0 Å². The van der Waals surface area contributed by atoms with Crippen molar-refractivity contribution in [2.75, 3.05) is 13.1 Å². The molecule has 1 aliphatic rings. The van der Waals surface area contributed by atoms with Gasteiger partial charge in [0.15, 0.2) is 0 Å². The van der Waals surface area contributed by atoms with Crippen molar-refractivity contribution >= 4 is 0 Å². The zero-order chi connectivity index (χ0) is 12.5. The van der Waals surface area contributed by atoms with Crippen LogP contribution in [0.1, 0.15) is 22.9 Å². The van der Waals surface area contributed by atoms with Crippen molar-refractivity contribution in [1.82, 2.24) is 10.6 Å². The zero-order valence-electron chi connectivity index (χ0n) is 8.80. The zero-order valence-corrected chi connectivity index (χ0v) is 8.80. The van der Waals surface area contributed by atoms with Crippen LogP contribution in [0.5, 0.6) is 0 Å². The Labute approximate surface area is 96.2 Å². The molecule has 2 N–H and O–H groups in total. The average molecular weight is 241 g/mol. The number of alkyl halides is 3. The molecule has 3 nitrogen and oxygen atoms in total. The van der Waals surface area contributed by atoms with Gasteiger partial charge in [-0.3, -0.25) is 10.6 Å². The molecule has 1 aromatic carbocycles. The molecule has 0 radical (unpaired) electrons. The predicted molar refractivity (Wildman–Crippen MR) is 54.9 cm³/mol. The molecule has 0 saturated carbocycles. The third-order valence-electron chi connectivity index (χ3n) is 2.63. The molecular formula is C11H10F3N3. The summed E-state index contributed by atoms with van der Waals surface area (Å²) in [5.41, 5.74) is -1.12. The fourth-order valence-corrected chi connectivity index (χ4v) is 1.95. The van der Waals surface area contributed by atoms with Gasteiger partial charge in [-0.05, 0) is 11.6 Å². The highest BCUT2D eigenvalue weighted by Crippen LogP contribution is 2.36. The van der Waals surface area contributed by atoms with Gasteiger partial charge < -0.3 is 0 Å². The van der Waals surface area contributed by atoms with Crippen molar-refractivity contribution in [3.05, 3.63) is 34.9 Å². The first-order chi connectivity index (χ1) is 8.04. The fraction of sp³-hybridized carbons (Fsp3) is 0.364. The lowest BCUT2D eigenvalue weighted by molar-refractivity contribution is -0.138. The van der Waals surface area contributed by atoms with E-state index in [-0.39, 0.29) is 11.1 Å². The van der Waals surface area contributed by atoms with Gasteiger partial charge in [0, 0.05) is 13.1 Å². The van der Waals surface area contributed by atoms with Crippen molar-refractivity contribution < 1.29 is 13.2 Å². The Kier molecular flexibility index (Phi) is 3.05. The van der Waals surface area contributed by atoms with Gasteiger partial charge in [0.2, 0.25) is 0 Å². The number of nitriles is 1. The van der Waals surface area contributed by atoms with Crippen LogP contribution in [0.3, 0.4) is 0 Å². The molecule has 1 heterocycles. The standard InChI is InChI=1S/C11H10F3N3/c12-11(13,14)9-7(6-15)2-1-3-8(9)10-16-4-5-17-10/h1-3,10,16-17H,4-5H2. The van der Waals surface area contributed by atoms with E-state index in [1.54, 1.807) is 6.07 Å². The molecule has 6 heteroatoms. The SMILES string of the molecule is N#Cc1cccc(C2NCCN2)c1C(F)(F)F. The van der Waals surface area contributed by atoms with E-state index in [0.29, 0.717) is 13.1 Å². The molecule has 0 aromatic heterocycles. The van der Waals surface area contributed by atoms with E-state index in [4.69, 9.17) is 5.26 Å². The summed E-state index contributed by atoms with van der Waals surface area (Å²) in [5.74, 6) is 0. The van der Waals surface area contributed by atoms with Gasteiger partial charge in [0.25, 0.3) is 0 Å². The minimum absolute atomic E-state index is 0.0778. The number of hydrogen-bond donors (Lipinski definition) is 2. The second-order valence-electron chi connectivity index (χ2n) is 3.72. The van der Waals surface area contributed by atoms with Gasteiger partial charge >= 0.3 is 6.18 Å². The maximum atomic E-state index is 12.9. The van der Waals surface area contributed by atoms with E-state index in [9.17, 15) is 13.2 Å². The number of halogens is 3. The molecule has 1 aliphatic heterocycles. The Morgan fingerprint density at radius 1 is 1.24 bits per heavy atom. The highest BCUT2D eigenvalue weighted by Gasteiger charge is 2.38. The molecule has 17 heavy (non-hydrogen) atoms. The molecule has 90 valence electrons. The Hall–Kier alpha value is -1.58. The number of nitrogens with zero attached hydrogens (tertiary/aromatic N) is 1. The number of hydrogen-bond acceptors (Lipinski definition) is 3. The van der Waals surface area contributed by atoms with Crippen LogP contribution in [0.2, 0.25) is 0 Å². The maximum absolute atomic E-state index is 12.9. The summed E-state index contributed by atoms with van der Waals surface area (Å²) in [5, 5.41) is 14.6. The van der Waals surface area contributed by atoms with Crippen molar-refractivity contribution in [3.63, 3.8) is 0 Å². The number of benzene rings is 1. The minimum atomic E-state index is -4.52. The van der Waals surface area contributed by atoms with Crippen LogP contribution in [0.25, 0.3) is 0 Å². The molecular weight excluding hydrogens is 231 g/mol. The summed E-state index contributed by atoms with van der Waals surface area (Å²) in [6.07, 6.45) is -5.06. The Morgan fingerprint density at radius 3 is 2.41 bits per heavy atom. The molecule has 2 rings (SSSR count). The molecule has 0 aliphatic carbocycles. The van der Waals surface area contributed by atoms with Crippen LogP contribution >= 0.6 is 0 Å². The van der Waals surface area contributed by atoms with Crippen molar-refractivity contribution in [3.8, 4) is 6.07 Å². The van der Waals surface area contributed by atoms with Crippen LogP contribution in [0.4, 0.5) is 13.2 Å². The molecule has 0 unspecified atom stereocenters. The normalized spacial score (nSPS) is 17.1. The summed E-state index contributed by atoms with van der Waals surface area (Å²) < 4.78 is 38.8. The average Bonchev–Trinajstić information content (AvgIpc) is 2.80. The Bertz CT molecular complexity index is 456. The molecule has 1 fully saturated rings. The monoisotopic (exact) mass is 241 g/mol. The van der Waals surface area contributed by atoms with Gasteiger partial charge in [-0.15, -0.1) is 0 Å². The maximum Gasteiger partial charge on any atom is 0.418 e. The number of nitrogens with one attached hydrogen (secondary N) is 2. The van der Waals surface area contributed by atoms with E-state index in [2.05, 4.69) is 10.6 Å². The van der Waals surface area contributed by atoms with Crippen LogP contribution in [-0.4, -0.2) is 13.1 Å². The molecule has 1 aromatic rings. The van der Waals surface area contributed by atoms with Crippen LogP contribution < -0.4 is 10.6 Å². The lowest BCUT2D eigenvalue weighted by Crippen LogP contribution is -2.25. The molecule has 1 saturated heterocycles. The van der Waals surface area contributed by atoms with E-state index < -0.39 is 17.9 Å². The summed E-state index contributed by atoms with van der Waals surface area (Å²) in [6, 6.07) is 5.62. The van der Waals surface area contributed by atoms with Crippen LogP contribution in [0, 0.1) is 11.3 Å². The molecule has 0 spiro atoms. The van der Waals surface area contributed by atoms with Gasteiger partial charge in [-0.1, -0.05) is 12.1 Å². The lowest BCUT2D eigenvalue weighted by atomic mass is 9.99. The highest BCUT2D eigenvalue weighted by atomic mass is 19.4. The van der Waals surface area contributed by atoms with Crippen LogP contribution in [-0.2, 0) is 6.18 Å². The third-order valence-corrected chi connectivity index (χ3v) is 2.63. The second-order valence-corrected chi connectivity index (χ2v) is 3.72. The van der Waals surface area contributed by atoms with Gasteiger partial charge in [-0.2, -0.15) is 18.4 Å². The third kappa shape index (κ3) is 2.25. The molecule has 0 atom stereocenters. The van der Waals surface area contributed by atoms with Crippen molar-refractivity contribution in [1.29, 1.82) is 5.26 Å². The van der Waals surface area contributed by atoms with Gasteiger partial charge in [0.05, 0.1) is 23.4 Å². The summed E-state index contributed by atoms with van der Waals surface area (Å²) in [7, 11) is 0. The smallest absolute Gasteiger partial charge is 0.297 e. The first-order valence-electron chi connectivity index (χ1n) is 5.11. The van der Waals surface area contributed by atoms with E-state index in [0.717, 1.165) is 0 Å². The predicted octanol–water partition coefficient (Wildman–Crippen LogP) is 1.77. The van der Waals surface area contributed by atoms with Gasteiger partial charge in [0.1, 0.15) is 0 Å². The summed E-state index contributed by atoms with van der Waals surface area (Å²) >= 11 is 0. The van der Waals surface area contributed by atoms with Crippen molar-refractivity contribution in [2.24, 2.45) is 0 Å².